The van der Waals surface area contributed by atoms with Crippen LogP contribution in [-0.4, -0.2) is 13.0 Å². The molecule has 0 atom stereocenters. The molecule has 80 valence electrons. The lowest BCUT2D eigenvalue weighted by molar-refractivity contribution is 0.484. The highest BCUT2D eigenvalue weighted by Crippen LogP contribution is 2.34. The summed E-state index contributed by atoms with van der Waals surface area (Å²) in [6.07, 6.45) is 0. The van der Waals surface area contributed by atoms with Crippen molar-refractivity contribution in [2.45, 2.75) is 4.90 Å². The Kier molecular flexibility index (Phi) is 2.77. The Morgan fingerprint density at radius 2 is 1.80 bits per heavy atom. The lowest BCUT2D eigenvalue weighted by atomic mass is 10.2. The van der Waals surface area contributed by atoms with Crippen LogP contribution in [0.2, 0.25) is 0 Å². The Bertz CT molecular complexity index is 524. The van der Waals surface area contributed by atoms with E-state index >= 15 is 0 Å². The molecule has 0 aliphatic heterocycles. The molecule has 9 heteroatoms. The molecule has 0 bridgehead atoms. The second kappa shape index (κ2) is 3.71. The third kappa shape index (κ3) is 2.14. The fourth-order valence-corrected chi connectivity index (χ4v) is 1.74. The molecule has 1 rings (SSSR count). The number of nitrogens with two attached hydrogens (primary N) is 1. The summed E-state index contributed by atoms with van der Waals surface area (Å²) in [7, 11) is -4.66. The maximum absolute atomic E-state index is 10.8. The smallest absolute Gasteiger partial charge is 0.298 e. The summed E-state index contributed by atoms with van der Waals surface area (Å²) in [5.41, 5.74) is 3.84. The van der Waals surface area contributed by atoms with Gasteiger partial charge in [-0.25, -0.2) is 0 Å². The van der Waals surface area contributed by atoms with Gasteiger partial charge in [0.15, 0.2) is 0 Å². The molecule has 0 aliphatic rings. The molecule has 0 saturated carbocycles. The number of anilines is 1. The fourth-order valence-electron chi connectivity index (χ4n) is 1.02. The van der Waals surface area contributed by atoms with E-state index in [-0.39, 0.29) is 5.69 Å². The van der Waals surface area contributed by atoms with E-state index in [9.17, 15) is 18.2 Å². The molecule has 0 fully saturated rings. The topological polar surface area (TPSA) is 139 Å². The van der Waals surface area contributed by atoms with Crippen LogP contribution in [0.4, 0.5) is 17.1 Å². The van der Waals surface area contributed by atoms with Gasteiger partial charge in [0.05, 0.1) is 5.69 Å². The van der Waals surface area contributed by atoms with Gasteiger partial charge < -0.3 is 5.73 Å². The molecule has 1 aromatic carbocycles. The SMILES string of the molecule is Nc1cc(N=O)cc(N=O)c1S(=O)(=O)O. The lowest BCUT2D eigenvalue weighted by Gasteiger charge is -2.04. The molecular weight excluding hydrogens is 226 g/mol. The maximum atomic E-state index is 10.8. The third-order valence-electron chi connectivity index (χ3n) is 1.54. The van der Waals surface area contributed by atoms with Crippen LogP contribution in [0.15, 0.2) is 27.4 Å². The first kappa shape index (κ1) is 11.2. The highest BCUT2D eigenvalue weighted by molar-refractivity contribution is 7.86. The third-order valence-corrected chi connectivity index (χ3v) is 2.51. The van der Waals surface area contributed by atoms with Crippen molar-refractivity contribution in [2.75, 3.05) is 5.73 Å². The van der Waals surface area contributed by atoms with E-state index in [4.69, 9.17) is 10.3 Å². The molecule has 0 aromatic heterocycles. The Morgan fingerprint density at radius 1 is 1.20 bits per heavy atom. The molecule has 1 aromatic rings. The van der Waals surface area contributed by atoms with Crippen molar-refractivity contribution >= 4 is 27.2 Å². The molecular formula is C6H5N3O5S. The van der Waals surface area contributed by atoms with Crippen LogP contribution in [0.1, 0.15) is 0 Å². The first-order chi connectivity index (χ1) is 6.90. The predicted molar refractivity (Wildman–Crippen MR) is 51.6 cm³/mol. The van der Waals surface area contributed by atoms with E-state index in [0.717, 1.165) is 12.1 Å². The molecule has 0 amide bonds. The molecule has 0 saturated heterocycles. The summed E-state index contributed by atoms with van der Waals surface area (Å²) in [4.78, 5) is 19.6. The van der Waals surface area contributed by atoms with Gasteiger partial charge >= 0.3 is 0 Å². The van der Waals surface area contributed by atoms with Crippen molar-refractivity contribution in [1.29, 1.82) is 0 Å². The minimum Gasteiger partial charge on any atom is -0.397 e. The summed E-state index contributed by atoms with van der Waals surface area (Å²) in [6, 6.07) is 1.71. The van der Waals surface area contributed by atoms with Gasteiger partial charge in [0, 0.05) is 0 Å². The zero-order chi connectivity index (χ0) is 11.6. The van der Waals surface area contributed by atoms with E-state index in [2.05, 4.69) is 10.4 Å². The van der Waals surface area contributed by atoms with Gasteiger partial charge in [-0.1, -0.05) is 0 Å². The quantitative estimate of drug-likeness (QED) is 0.456. The molecule has 8 nitrogen and oxygen atoms in total. The van der Waals surface area contributed by atoms with Gasteiger partial charge in [-0.2, -0.15) is 8.42 Å². The number of hydrogen-bond donors (Lipinski definition) is 2. The van der Waals surface area contributed by atoms with Gasteiger partial charge in [-0.05, 0) is 22.5 Å². The summed E-state index contributed by atoms with van der Waals surface area (Å²) in [5, 5.41) is 4.80. The first-order valence-corrected chi connectivity index (χ1v) is 4.92. The van der Waals surface area contributed by atoms with Crippen molar-refractivity contribution in [1.82, 2.24) is 0 Å². The lowest BCUT2D eigenvalue weighted by Crippen LogP contribution is -2.03. The average molecular weight is 231 g/mol. The van der Waals surface area contributed by atoms with Gasteiger partial charge in [0.1, 0.15) is 16.3 Å². The molecule has 0 aliphatic carbocycles. The van der Waals surface area contributed by atoms with Crippen LogP contribution in [-0.2, 0) is 10.1 Å². The number of nitroso groups, excluding NO2 is 2. The number of hydrogen-bond acceptors (Lipinski definition) is 7. The van der Waals surface area contributed by atoms with Crippen LogP contribution >= 0.6 is 0 Å². The van der Waals surface area contributed by atoms with Crippen LogP contribution < -0.4 is 5.73 Å². The fraction of sp³-hybridized carbons (Fsp3) is 0. The zero-order valence-corrected chi connectivity index (χ0v) is 7.93. The molecule has 0 heterocycles. The number of nitrogens with zero attached hydrogens (tertiary/aromatic N) is 2. The van der Waals surface area contributed by atoms with Gasteiger partial charge in [0.2, 0.25) is 0 Å². The molecule has 3 N–H and O–H groups in total. The van der Waals surface area contributed by atoms with E-state index in [1.165, 1.54) is 0 Å². The Labute approximate surface area is 83.8 Å². The average Bonchev–Trinajstić information content (AvgIpc) is 2.14. The minimum atomic E-state index is -4.66. The van der Waals surface area contributed by atoms with E-state index in [1.54, 1.807) is 0 Å². The van der Waals surface area contributed by atoms with Crippen LogP contribution in [0.3, 0.4) is 0 Å². The van der Waals surface area contributed by atoms with Crippen LogP contribution in [0.25, 0.3) is 0 Å². The summed E-state index contributed by atoms with van der Waals surface area (Å²) in [6.45, 7) is 0. The van der Waals surface area contributed by atoms with E-state index in [1.807, 2.05) is 0 Å². The normalized spacial score (nSPS) is 11.0. The summed E-state index contributed by atoms with van der Waals surface area (Å²) in [5.74, 6) is 0. The van der Waals surface area contributed by atoms with Crippen LogP contribution in [0, 0.1) is 9.81 Å². The standard InChI is InChI=1S/C6H5N3O5S/c7-4-1-3(8-10)2-5(9-11)6(4)15(12,13)14/h1-2H,7H2,(H,12,13,14). The van der Waals surface area contributed by atoms with Gasteiger partial charge in [0.25, 0.3) is 10.1 Å². The molecule has 15 heavy (non-hydrogen) atoms. The summed E-state index contributed by atoms with van der Waals surface area (Å²) >= 11 is 0. The highest BCUT2D eigenvalue weighted by atomic mass is 32.2. The molecule has 0 radical (unpaired) electrons. The Morgan fingerprint density at radius 3 is 2.20 bits per heavy atom. The van der Waals surface area contributed by atoms with Crippen molar-refractivity contribution in [3.05, 3.63) is 21.9 Å². The first-order valence-electron chi connectivity index (χ1n) is 3.48. The number of benzene rings is 1. The zero-order valence-electron chi connectivity index (χ0n) is 7.11. The number of nitrogen functional groups attached to an aromatic ring is 1. The van der Waals surface area contributed by atoms with E-state index in [0.29, 0.717) is 0 Å². The minimum absolute atomic E-state index is 0.255. The number of rotatable bonds is 3. The highest BCUT2D eigenvalue weighted by Gasteiger charge is 2.21. The summed E-state index contributed by atoms with van der Waals surface area (Å²) < 4.78 is 30.3. The predicted octanol–water partition coefficient (Wildman–Crippen LogP) is 1.31. The van der Waals surface area contributed by atoms with E-state index < -0.39 is 26.4 Å². The Hall–Kier alpha value is -1.87. The maximum Gasteiger partial charge on any atom is 0.298 e. The van der Waals surface area contributed by atoms with Crippen molar-refractivity contribution < 1.29 is 13.0 Å². The molecule has 0 unspecified atom stereocenters. The van der Waals surface area contributed by atoms with Gasteiger partial charge in [-0.15, -0.1) is 9.81 Å². The van der Waals surface area contributed by atoms with Gasteiger partial charge in [-0.3, -0.25) is 4.55 Å². The monoisotopic (exact) mass is 231 g/mol. The Balaban J connectivity index is 3.66. The van der Waals surface area contributed by atoms with Crippen molar-refractivity contribution in [2.24, 2.45) is 10.4 Å². The van der Waals surface area contributed by atoms with Crippen LogP contribution in [0.5, 0.6) is 0 Å². The van der Waals surface area contributed by atoms with Crippen molar-refractivity contribution in [3.8, 4) is 0 Å². The van der Waals surface area contributed by atoms with Crippen molar-refractivity contribution in [3.63, 3.8) is 0 Å². The second-order valence-corrected chi connectivity index (χ2v) is 3.90. The second-order valence-electron chi connectivity index (χ2n) is 2.54. The molecule has 0 spiro atoms. The largest absolute Gasteiger partial charge is 0.397 e.